The topological polar surface area (TPSA) is 117 Å². The van der Waals surface area contributed by atoms with E-state index < -0.39 is 23.4 Å². The highest BCUT2D eigenvalue weighted by Gasteiger charge is 2.29. The zero-order valence-electron chi connectivity index (χ0n) is 18.9. The molecule has 3 aromatic carbocycles. The Bertz CT molecular complexity index is 1590. The van der Waals surface area contributed by atoms with Crippen LogP contribution < -0.4 is 15.2 Å². The summed E-state index contributed by atoms with van der Waals surface area (Å²) in [4.78, 5) is 28.7. The summed E-state index contributed by atoms with van der Waals surface area (Å²) in [6.07, 6.45) is 0. The van der Waals surface area contributed by atoms with Crippen molar-refractivity contribution in [3.63, 3.8) is 0 Å². The number of hydrogen-bond donors (Lipinski definition) is 3. The van der Waals surface area contributed by atoms with Gasteiger partial charge in [-0.25, -0.2) is 23.0 Å². The summed E-state index contributed by atoms with van der Waals surface area (Å²) in [6.45, 7) is 1.47. The second-order valence-corrected chi connectivity index (χ2v) is 8.01. The van der Waals surface area contributed by atoms with E-state index in [1.165, 1.54) is 30.3 Å². The van der Waals surface area contributed by atoms with Gasteiger partial charge >= 0.3 is 5.82 Å². The molecule has 0 atom stereocenters. The molecule has 180 valence electrons. The fraction of sp³-hybridized carbons (Fsp3) is 0.0800. The normalized spacial score (nSPS) is 11.0. The summed E-state index contributed by atoms with van der Waals surface area (Å²) in [5.41, 5.74) is 2.52. The second kappa shape index (κ2) is 9.37. The predicted molar refractivity (Wildman–Crippen MR) is 126 cm³/mol. The Morgan fingerprint density at radius 2 is 1.78 bits per heavy atom. The Labute approximate surface area is 202 Å². The lowest BCUT2D eigenvalue weighted by molar-refractivity contribution is -0.646. The number of nitrogens with zero attached hydrogens (tertiary/aromatic N) is 3. The van der Waals surface area contributed by atoms with Gasteiger partial charge < -0.3 is 10.6 Å². The molecule has 11 heteroatoms. The quantitative estimate of drug-likeness (QED) is 0.312. The van der Waals surface area contributed by atoms with Crippen molar-refractivity contribution >= 4 is 34.4 Å². The molecule has 5 rings (SSSR count). The molecular weight excluding hydrogens is 470 g/mol. The average Bonchev–Trinajstić information content (AvgIpc) is 3.46. The molecular formula is C25H19F2N6O3+. The maximum absolute atomic E-state index is 13.9. The molecule has 2 heterocycles. The van der Waals surface area contributed by atoms with Crippen molar-refractivity contribution in [2.75, 3.05) is 10.6 Å². The number of imidazole rings is 1. The van der Waals surface area contributed by atoms with Crippen LogP contribution >= 0.6 is 0 Å². The number of hydrogen-bond acceptors (Lipinski definition) is 5. The van der Waals surface area contributed by atoms with Gasteiger partial charge in [0, 0.05) is 11.3 Å². The number of anilines is 2. The highest BCUT2D eigenvalue weighted by atomic mass is 19.1. The molecule has 0 fully saturated rings. The largest absolute Gasteiger partial charge is 0.323 e. The molecule has 2 amide bonds. The first-order chi connectivity index (χ1) is 17.4. The van der Waals surface area contributed by atoms with Crippen LogP contribution in [0, 0.1) is 18.6 Å². The average molecular weight is 489 g/mol. The molecule has 0 spiro atoms. The molecule has 3 N–H and O–H groups in total. The van der Waals surface area contributed by atoms with Gasteiger partial charge in [0.2, 0.25) is 11.5 Å². The van der Waals surface area contributed by atoms with E-state index in [0.29, 0.717) is 28.1 Å². The Kier molecular flexibility index (Phi) is 5.95. The van der Waals surface area contributed by atoms with Crippen molar-refractivity contribution in [2.24, 2.45) is 0 Å². The molecule has 5 aromatic rings. The van der Waals surface area contributed by atoms with Crippen LogP contribution in [0.4, 0.5) is 20.3 Å². The number of nitrogens with one attached hydrogen (secondary N) is 3. The number of carbonyl (C=O) groups is 2. The Morgan fingerprint density at radius 1 is 1.00 bits per heavy atom. The van der Waals surface area contributed by atoms with Crippen LogP contribution in [0.25, 0.3) is 22.6 Å². The van der Waals surface area contributed by atoms with Gasteiger partial charge in [0.05, 0.1) is 0 Å². The summed E-state index contributed by atoms with van der Waals surface area (Å²) < 4.78 is 33.6. The SMILES string of the molecule is Cc1ccc(NC(=O)C[n+]2c(-c3nonc3NC(=O)c3ccc(F)cc3)[nH]c3ccccc32)cc1F. The van der Waals surface area contributed by atoms with E-state index in [1.54, 1.807) is 29.7 Å². The molecule has 0 aliphatic heterocycles. The van der Waals surface area contributed by atoms with Gasteiger partial charge in [-0.3, -0.25) is 9.59 Å². The number of carbonyl (C=O) groups excluding carboxylic acids is 2. The lowest BCUT2D eigenvalue weighted by Gasteiger charge is -2.06. The van der Waals surface area contributed by atoms with E-state index in [4.69, 9.17) is 4.63 Å². The van der Waals surface area contributed by atoms with Gasteiger partial charge in [0.15, 0.2) is 17.6 Å². The van der Waals surface area contributed by atoms with Gasteiger partial charge in [-0.05, 0) is 71.3 Å². The third-order valence-electron chi connectivity index (χ3n) is 5.53. The Morgan fingerprint density at radius 3 is 2.56 bits per heavy atom. The van der Waals surface area contributed by atoms with Gasteiger partial charge in [-0.2, -0.15) is 0 Å². The van der Waals surface area contributed by atoms with Crippen LogP contribution in [-0.2, 0) is 11.3 Å². The molecule has 0 aliphatic carbocycles. The van der Waals surface area contributed by atoms with Crippen LogP contribution in [0.1, 0.15) is 15.9 Å². The number of amides is 2. The van der Waals surface area contributed by atoms with E-state index in [9.17, 15) is 18.4 Å². The van der Waals surface area contributed by atoms with Gasteiger partial charge in [0.25, 0.3) is 11.8 Å². The number of para-hydroxylation sites is 2. The lowest BCUT2D eigenvalue weighted by Crippen LogP contribution is -2.41. The minimum absolute atomic E-state index is 0.00523. The number of benzene rings is 3. The summed E-state index contributed by atoms with van der Waals surface area (Å²) >= 11 is 0. The number of rotatable bonds is 6. The minimum Gasteiger partial charge on any atom is -0.323 e. The Balaban J connectivity index is 1.46. The van der Waals surface area contributed by atoms with Crippen LogP contribution in [-0.4, -0.2) is 27.1 Å². The monoisotopic (exact) mass is 489 g/mol. The van der Waals surface area contributed by atoms with Crippen molar-refractivity contribution < 1.29 is 27.6 Å². The first-order valence-electron chi connectivity index (χ1n) is 10.9. The minimum atomic E-state index is -0.547. The summed E-state index contributed by atoms with van der Waals surface area (Å²) in [5.74, 6) is -1.51. The van der Waals surface area contributed by atoms with E-state index in [2.05, 4.69) is 25.9 Å². The van der Waals surface area contributed by atoms with E-state index in [0.717, 1.165) is 0 Å². The number of aromatic nitrogens is 4. The van der Waals surface area contributed by atoms with Crippen molar-refractivity contribution in [1.82, 2.24) is 15.3 Å². The maximum atomic E-state index is 13.9. The third-order valence-corrected chi connectivity index (χ3v) is 5.53. The maximum Gasteiger partial charge on any atom is 0.314 e. The lowest BCUT2D eigenvalue weighted by atomic mass is 10.2. The van der Waals surface area contributed by atoms with Crippen molar-refractivity contribution in [3.8, 4) is 11.5 Å². The zero-order chi connectivity index (χ0) is 25.2. The molecule has 36 heavy (non-hydrogen) atoms. The molecule has 0 aliphatic rings. The van der Waals surface area contributed by atoms with Crippen LogP contribution in [0.15, 0.2) is 71.4 Å². The van der Waals surface area contributed by atoms with Crippen LogP contribution in [0.5, 0.6) is 0 Å². The standard InChI is InChI=1S/C25H18F2N6O3/c1-14-6-11-17(12-18(14)27)28-21(34)13-33-20-5-3-2-4-19(20)29-24(33)22-23(32-36-31-22)30-25(35)15-7-9-16(26)10-8-15/h2-12H,13H2,1H3,(H2,28,30,32,34,35)/p+1. The Hall–Kier alpha value is -4.93. The zero-order valence-corrected chi connectivity index (χ0v) is 18.9. The molecule has 0 saturated carbocycles. The number of aromatic amines is 1. The highest BCUT2D eigenvalue weighted by Crippen LogP contribution is 2.24. The van der Waals surface area contributed by atoms with Crippen LogP contribution in [0.3, 0.4) is 0 Å². The third kappa shape index (κ3) is 4.53. The predicted octanol–water partition coefficient (Wildman–Crippen LogP) is 3.98. The number of aryl methyl sites for hydroxylation is 1. The fourth-order valence-electron chi connectivity index (χ4n) is 3.70. The molecule has 0 bridgehead atoms. The van der Waals surface area contributed by atoms with E-state index in [-0.39, 0.29) is 23.6 Å². The fourth-order valence-corrected chi connectivity index (χ4v) is 3.70. The van der Waals surface area contributed by atoms with Crippen molar-refractivity contribution in [1.29, 1.82) is 0 Å². The first kappa shape index (κ1) is 22.8. The number of halogens is 2. The summed E-state index contributed by atoms with van der Waals surface area (Å²) in [5, 5.41) is 13.0. The second-order valence-electron chi connectivity index (χ2n) is 8.01. The smallest absolute Gasteiger partial charge is 0.314 e. The van der Waals surface area contributed by atoms with E-state index in [1.807, 2.05) is 18.2 Å². The van der Waals surface area contributed by atoms with Crippen molar-refractivity contribution in [2.45, 2.75) is 13.5 Å². The van der Waals surface area contributed by atoms with Gasteiger partial charge in [0.1, 0.15) is 11.6 Å². The molecule has 2 aromatic heterocycles. The van der Waals surface area contributed by atoms with Gasteiger partial charge in [-0.15, -0.1) is 0 Å². The highest BCUT2D eigenvalue weighted by molar-refractivity contribution is 6.05. The number of fused-ring (bicyclic) bond motifs is 1. The van der Waals surface area contributed by atoms with E-state index >= 15 is 0 Å². The van der Waals surface area contributed by atoms with Crippen LogP contribution in [0.2, 0.25) is 0 Å². The summed E-state index contributed by atoms with van der Waals surface area (Å²) in [6, 6.07) is 16.7. The molecule has 9 nitrogen and oxygen atoms in total. The molecule has 0 unspecified atom stereocenters. The number of H-pyrrole nitrogens is 1. The molecule has 0 radical (unpaired) electrons. The van der Waals surface area contributed by atoms with Gasteiger partial charge in [-0.1, -0.05) is 18.2 Å². The summed E-state index contributed by atoms with van der Waals surface area (Å²) in [7, 11) is 0. The van der Waals surface area contributed by atoms with Crippen molar-refractivity contribution in [3.05, 3.63) is 89.5 Å². The molecule has 0 saturated heterocycles. The first-order valence-corrected chi connectivity index (χ1v) is 10.9.